The van der Waals surface area contributed by atoms with Crippen LogP contribution in [0.5, 0.6) is 0 Å². The van der Waals surface area contributed by atoms with Gasteiger partial charge in [0.2, 0.25) is 0 Å². The number of benzene rings is 1. The van der Waals surface area contributed by atoms with E-state index in [1.165, 1.54) is 0 Å². The quantitative estimate of drug-likeness (QED) is 0.408. The van der Waals surface area contributed by atoms with Gasteiger partial charge in [-0.05, 0) is 53.8 Å². The number of amides is 1. The summed E-state index contributed by atoms with van der Waals surface area (Å²) in [5.74, 6) is 1.59. The zero-order chi connectivity index (χ0) is 20.8. The molecule has 1 amide bonds. The van der Waals surface area contributed by atoms with E-state index in [0.29, 0.717) is 12.1 Å². The van der Waals surface area contributed by atoms with Gasteiger partial charge in [-0.2, -0.15) is 0 Å². The Labute approximate surface area is 183 Å². The second-order valence-corrected chi connectivity index (χ2v) is 8.44. The topological polar surface area (TPSA) is 72.7 Å². The van der Waals surface area contributed by atoms with Crippen LogP contribution in [0.4, 0.5) is 0 Å². The van der Waals surface area contributed by atoms with E-state index >= 15 is 0 Å². The molecule has 0 aliphatic carbocycles. The molecule has 8 heteroatoms. The minimum Gasteiger partial charge on any atom is -0.348 e. The second kappa shape index (κ2) is 9.69. The molecule has 3 heterocycles. The van der Waals surface area contributed by atoms with Crippen LogP contribution in [0.15, 0.2) is 71.5 Å². The van der Waals surface area contributed by atoms with Crippen LogP contribution >= 0.6 is 23.1 Å². The molecule has 0 fully saturated rings. The Balaban J connectivity index is 1.35. The monoisotopic (exact) mass is 435 g/mol. The van der Waals surface area contributed by atoms with Crippen molar-refractivity contribution in [2.45, 2.75) is 30.9 Å². The van der Waals surface area contributed by atoms with Crippen molar-refractivity contribution in [2.75, 3.05) is 0 Å². The van der Waals surface area contributed by atoms with Gasteiger partial charge in [0.05, 0.1) is 4.88 Å². The molecule has 6 nitrogen and oxygen atoms in total. The van der Waals surface area contributed by atoms with E-state index < -0.39 is 0 Å². The highest BCUT2D eigenvalue weighted by Crippen LogP contribution is 2.28. The van der Waals surface area contributed by atoms with Crippen molar-refractivity contribution < 1.29 is 4.79 Å². The number of hydrogen-bond donors (Lipinski definition) is 1. The van der Waals surface area contributed by atoms with Crippen LogP contribution < -0.4 is 5.32 Å². The molecule has 0 bridgehead atoms. The number of thiophene rings is 1. The average Bonchev–Trinajstić information content (AvgIpc) is 3.46. The van der Waals surface area contributed by atoms with E-state index in [4.69, 9.17) is 0 Å². The molecule has 1 aromatic carbocycles. The fourth-order valence-corrected chi connectivity index (χ4v) is 4.63. The lowest BCUT2D eigenvalue weighted by molar-refractivity contribution is 0.0951. The molecule has 0 aliphatic rings. The lowest BCUT2D eigenvalue weighted by Gasteiger charge is -2.08. The van der Waals surface area contributed by atoms with E-state index in [1.807, 2.05) is 47.8 Å². The zero-order valence-corrected chi connectivity index (χ0v) is 18.1. The summed E-state index contributed by atoms with van der Waals surface area (Å²) in [6.45, 7) is 3.40. The predicted molar refractivity (Wildman–Crippen MR) is 120 cm³/mol. The standard InChI is InChI=1S/C22H21N5OS2/c1-2-27-20(19-4-3-13-29-19)25-26-22(27)30-15-17-5-7-18(8-6-17)21(28)24-14-16-9-11-23-12-10-16/h3-13H,2,14-15H2,1H3,(H,24,28). The highest BCUT2D eigenvalue weighted by molar-refractivity contribution is 7.98. The van der Waals surface area contributed by atoms with Crippen molar-refractivity contribution >= 4 is 29.0 Å². The van der Waals surface area contributed by atoms with Gasteiger partial charge in [-0.1, -0.05) is 30.0 Å². The molecule has 0 atom stereocenters. The molecule has 0 unspecified atom stereocenters. The maximum Gasteiger partial charge on any atom is 0.251 e. The number of nitrogens with zero attached hydrogens (tertiary/aromatic N) is 4. The molecule has 1 N–H and O–H groups in total. The summed E-state index contributed by atoms with van der Waals surface area (Å²) in [4.78, 5) is 17.5. The highest BCUT2D eigenvalue weighted by Gasteiger charge is 2.14. The Kier molecular flexibility index (Phi) is 6.56. The minimum absolute atomic E-state index is 0.0858. The smallest absolute Gasteiger partial charge is 0.251 e. The number of rotatable bonds is 8. The number of thioether (sulfide) groups is 1. The first-order valence-electron chi connectivity index (χ1n) is 9.60. The maximum absolute atomic E-state index is 12.4. The van der Waals surface area contributed by atoms with Crippen LogP contribution in [0.2, 0.25) is 0 Å². The number of hydrogen-bond acceptors (Lipinski definition) is 6. The van der Waals surface area contributed by atoms with E-state index in [1.54, 1.807) is 35.5 Å². The van der Waals surface area contributed by atoms with Gasteiger partial charge in [0.1, 0.15) is 0 Å². The lowest BCUT2D eigenvalue weighted by Crippen LogP contribution is -2.22. The molecule has 4 aromatic rings. The van der Waals surface area contributed by atoms with Crippen molar-refractivity contribution in [1.82, 2.24) is 25.1 Å². The third-order valence-electron chi connectivity index (χ3n) is 4.56. The number of pyridine rings is 1. The molecular formula is C22H21N5OS2. The number of nitrogens with one attached hydrogen (secondary N) is 1. The molecule has 0 saturated carbocycles. The number of aromatic nitrogens is 4. The highest BCUT2D eigenvalue weighted by atomic mass is 32.2. The molecule has 0 radical (unpaired) electrons. The first kappa shape index (κ1) is 20.3. The summed E-state index contributed by atoms with van der Waals surface area (Å²) in [7, 11) is 0. The van der Waals surface area contributed by atoms with Crippen molar-refractivity contribution in [1.29, 1.82) is 0 Å². The van der Waals surface area contributed by atoms with Gasteiger partial charge in [-0.25, -0.2) is 0 Å². The Bertz CT molecular complexity index is 1090. The molecule has 0 saturated heterocycles. The van der Waals surface area contributed by atoms with Crippen molar-refractivity contribution in [3.8, 4) is 10.7 Å². The Morgan fingerprint density at radius 1 is 1.07 bits per heavy atom. The molecule has 0 aliphatic heterocycles. The fraction of sp³-hybridized carbons (Fsp3) is 0.182. The minimum atomic E-state index is -0.0858. The summed E-state index contributed by atoms with van der Waals surface area (Å²) in [5.41, 5.74) is 2.80. The van der Waals surface area contributed by atoms with Crippen molar-refractivity contribution in [3.05, 3.63) is 83.0 Å². The first-order chi connectivity index (χ1) is 14.7. The van der Waals surface area contributed by atoms with Gasteiger partial charge in [0, 0.05) is 36.8 Å². The van der Waals surface area contributed by atoms with Gasteiger partial charge < -0.3 is 9.88 Å². The summed E-state index contributed by atoms with van der Waals surface area (Å²) in [6, 6.07) is 15.6. The lowest BCUT2D eigenvalue weighted by atomic mass is 10.1. The number of carbonyl (C=O) groups excluding carboxylic acids is 1. The van der Waals surface area contributed by atoms with E-state index in [2.05, 4.69) is 38.1 Å². The summed E-state index contributed by atoms with van der Waals surface area (Å²) < 4.78 is 2.14. The predicted octanol–water partition coefficient (Wildman–Crippen LogP) is 4.64. The average molecular weight is 436 g/mol. The second-order valence-electron chi connectivity index (χ2n) is 6.55. The van der Waals surface area contributed by atoms with Crippen LogP contribution in [0.3, 0.4) is 0 Å². The van der Waals surface area contributed by atoms with Crippen LogP contribution in [0, 0.1) is 0 Å². The summed E-state index contributed by atoms with van der Waals surface area (Å²) in [5, 5.41) is 14.6. The third kappa shape index (κ3) is 4.77. The van der Waals surface area contributed by atoms with Gasteiger partial charge >= 0.3 is 0 Å². The van der Waals surface area contributed by atoms with Gasteiger partial charge in [-0.3, -0.25) is 9.78 Å². The van der Waals surface area contributed by atoms with E-state index in [9.17, 15) is 4.79 Å². The zero-order valence-electron chi connectivity index (χ0n) is 16.5. The van der Waals surface area contributed by atoms with Gasteiger partial charge in [-0.15, -0.1) is 21.5 Å². The molecule has 3 aromatic heterocycles. The molecule has 4 rings (SSSR count). The van der Waals surface area contributed by atoms with Crippen LogP contribution in [0.25, 0.3) is 10.7 Å². The van der Waals surface area contributed by atoms with Crippen LogP contribution in [-0.2, 0) is 18.8 Å². The van der Waals surface area contributed by atoms with Crippen LogP contribution in [0.1, 0.15) is 28.4 Å². The van der Waals surface area contributed by atoms with Gasteiger partial charge in [0.25, 0.3) is 5.91 Å². The summed E-state index contributed by atoms with van der Waals surface area (Å²) >= 11 is 3.32. The molecule has 30 heavy (non-hydrogen) atoms. The van der Waals surface area contributed by atoms with E-state index in [-0.39, 0.29) is 5.91 Å². The first-order valence-corrected chi connectivity index (χ1v) is 11.5. The SMILES string of the molecule is CCn1c(SCc2ccc(C(=O)NCc3ccncc3)cc2)nnc1-c1cccs1. The van der Waals surface area contributed by atoms with Crippen LogP contribution in [-0.4, -0.2) is 25.7 Å². The van der Waals surface area contributed by atoms with E-state index in [0.717, 1.165) is 39.3 Å². The van der Waals surface area contributed by atoms with Crippen molar-refractivity contribution in [2.24, 2.45) is 0 Å². The Hall–Kier alpha value is -2.97. The Morgan fingerprint density at radius 3 is 2.57 bits per heavy atom. The molecular weight excluding hydrogens is 414 g/mol. The van der Waals surface area contributed by atoms with Gasteiger partial charge in [0.15, 0.2) is 11.0 Å². The van der Waals surface area contributed by atoms with Crippen molar-refractivity contribution in [3.63, 3.8) is 0 Å². The number of carbonyl (C=O) groups is 1. The normalized spacial score (nSPS) is 10.8. The Morgan fingerprint density at radius 2 is 1.87 bits per heavy atom. The maximum atomic E-state index is 12.4. The molecule has 0 spiro atoms. The largest absolute Gasteiger partial charge is 0.348 e. The summed E-state index contributed by atoms with van der Waals surface area (Å²) in [6.07, 6.45) is 3.44. The third-order valence-corrected chi connectivity index (χ3v) is 6.46. The molecule has 152 valence electrons. The fourth-order valence-electron chi connectivity index (χ4n) is 2.95.